The van der Waals surface area contributed by atoms with Crippen LogP contribution in [-0.4, -0.2) is 4.98 Å². The molecule has 0 bridgehead atoms. The average Bonchev–Trinajstić information content (AvgIpc) is 2.83. The normalized spacial score (nSPS) is 12.7. The van der Waals surface area contributed by atoms with E-state index < -0.39 is 0 Å². The van der Waals surface area contributed by atoms with Crippen molar-refractivity contribution < 1.29 is 0 Å². The molecule has 0 amide bonds. The second-order valence-electron chi connectivity index (χ2n) is 4.57. The van der Waals surface area contributed by atoms with Gasteiger partial charge in [0.25, 0.3) is 0 Å². The number of hydrogen-bond donors (Lipinski definition) is 3. The second-order valence-corrected chi connectivity index (χ2v) is 4.57. The number of hydrogen-bond acceptors (Lipinski definition) is 3. The molecule has 1 aromatic heterocycles. The maximum Gasteiger partial charge on any atom is 0.250 e. The highest BCUT2D eigenvalue weighted by atomic mass is 35.5. The fourth-order valence-corrected chi connectivity index (χ4v) is 2.27. The molecule has 3 rings (SSSR count). The molecule has 2 aromatic rings. The van der Waals surface area contributed by atoms with Crippen molar-refractivity contribution in [2.24, 2.45) is 0 Å². The van der Waals surface area contributed by atoms with E-state index in [0.717, 1.165) is 30.0 Å². The van der Waals surface area contributed by atoms with Crippen LogP contribution < -0.4 is 16.2 Å². The summed E-state index contributed by atoms with van der Waals surface area (Å²) in [4.78, 5) is 14.0. The zero-order valence-electron chi connectivity index (χ0n) is 10.6. The molecular weight excluding hydrogens is 262 g/mol. The Bertz CT molecular complexity index is 651. The zero-order chi connectivity index (χ0) is 12.5. The third kappa shape index (κ3) is 2.64. The van der Waals surface area contributed by atoms with Crippen molar-refractivity contribution >= 4 is 23.8 Å². The van der Waals surface area contributed by atoms with Gasteiger partial charge in [-0.2, -0.15) is 0 Å². The SMILES string of the molecule is Cc1c[nH]c(=O)cc1Nc1cccc2c1CNC2.Cl. The predicted molar refractivity (Wildman–Crippen MR) is 79.3 cm³/mol. The molecule has 4 nitrogen and oxygen atoms in total. The van der Waals surface area contributed by atoms with Gasteiger partial charge in [0, 0.05) is 36.7 Å². The second kappa shape index (κ2) is 5.47. The standard InChI is InChI=1S/C14H15N3O.ClH/c1-9-6-16-14(18)5-13(9)17-12-4-2-3-10-7-15-8-11(10)12;/h2-6,15H,7-8H2,1H3,(H2,16,17,18);1H. The third-order valence-corrected chi connectivity index (χ3v) is 3.29. The van der Waals surface area contributed by atoms with Gasteiger partial charge in [0.15, 0.2) is 0 Å². The Labute approximate surface area is 117 Å². The summed E-state index contributed by atoms with van der Waals surface area (Å²) in [6.07, 6.45) is 1.73. The Kier molecular flexibility index (Phi) is 3.93. The average molecular weight is 278 g/mol. The molecule has 1 aromatic carbocycles. The van der Waals surface area contributed by atoms with Crippen LogP contribution in [0.1, 0.15) is 16.7 Å². The lowest BCUT2D eigenvalue weighted by atomic mass is 10.1. The van der Waals surface area contributed by atoms with Gasteiger partial charge in [-0.1, -0.05) is 12.1 Å². The molecule has 0 aliphatic carbocycles. The molecule has 0 unspecified atom stereocenters. The summed E-state index contributed by atoms with van der Waals surface area (Å²) < 4.78 is 0. The Morgan fingerprint density at radius 1 is 1.21 bits per heavy atom. The molecule has 0 spiro atoms. The van der Waals surface area contributed by atoms with E-state index in [1.54, 1.807) is 12.3 Å². The number of aromatic amines is 1. The number of pyridine rings is 1. The van der Waals surface area contributed by atoms with E-state index in [1.165, 1.54) is 11.1 Å². The third-order valence-electron chi connectivity index (χ3n) is 3.29. The molecule has 0 saturated carbocycles. The maximum atomic E-state index is 11.4. The first-order chi connectivity index (χ1) is 8.74. The lowest BCUT2D eigenvalue weighted by Crippen LogP contribution is -2.07. The van der Waals surface area contributed by atoms with Gasteiger partial charge in [0.2, 0.25) is 5.56 Å². The number of anilines is 2. The molecule has 100 valence electrons. The number of benzene rings is 1. The Hall–Kier alpha value is -1.78. The number of aryl methyl sites for hydroxylation is 1. The lowest BCUT2D eigenvalue weighted by molar-refractivity contribution is 0.765. The van der Waals surface area contributed by atoms with Crippen molar-refractivity contribution in [3.05, 3.63) is 57.5 Å². The van der Waals surface area contributed by atoms with Crippen LogP contribution in [0.3, 0.4) is 0 Å². The summed E-state index contributed by atoms with van der Waals surface area (Å²) in [6, 6.07) is 7.81. The minimum Gasteiger partial charge on any atom is -0.355 e. The largest absolute Gasteiger partial charge is 0.355 e. The zero-order valence-corrected chi connectivity index (χ0v) is 11.4. The number of nitrogens with one attached hydrogen (secondary N) is 3. The first-order valence-corrected chi connectivity index (χ1v) is 6.02. The highest BCUT2D eigenvalue weighted by Crippen LogP contribution is 2.27. The van der Waals surface area contributed by atoms with Gasteiger partial charge in [-0.3, -0.25) is 4.79 Å². The summed E-state index contributed by atoms with van der Waals surface area (Å²) in [6.45, 7) is 3.76. The van der Waals surface area contributed by atoms with Crippen LogP contribution in [0.5, 0.6) is 0 Å². The lowest BCUT2D eigenvalue weighted by Gasteiger charge is -2.12. The van der Waals surface area contributed by atoms with Gasteiger partial charge < -0.3 is 15.6 Å². The fraction of sp³-hybridized carbons (Fsp3) is 0.214. The molecule has 2 heterocycles. The van der Waals surface area contributed by atoms with Crippen LogP contribution in [0.15, 0.2) is 35.3 Å². The van der Waals surface area contributed by atoms with Crippen LogP contribution in [0.4, 0.5) is 11.4 Å². The van der Waals surface area contributed by atoms with Gasteiger partial charge in [-0.05, 0) is 29.7 Å². The maximum absolute atomic E-state index is 11.4. The number of rotatable bonds is 2. The molecule has 0 fully saturated rings. The van der Waals surface area contributed by atoms with Gasteiger partial charge in [0.05, 0.1) is 0 Å². The summed E-state index contributed by atoms with van der Waals surface area (Å²) >= 11 is 0. The van der Waals surface area contributed by atoms with Gasteiger partial charge >= 0.3 is 0 Å². The van der Waals surface area contributed by atoms with E-state index in [-0.39, 0.29) is 18.0 Å². The highest BCUT2D eigenvalue weighted by Gasteiger charge is 2.14. The fourth-order valence-electron chi connectivity index (χ4n) is 2.27. The first-order valence-electron chi connectivity index (χ1n) is 6.02. The smallest absolute Gasteiger partial charge is 0.250 e. The van der Waals surface area contributed by atoms with Gasteiger partial charge in [-0.15, -0.1) is 12.4 Å². The van der Waals surface area contributed by atoms with E-state index in [1.807, 2.05) is 19.1 Å². The first kappa shape index (κ1) is 13.6. The molecule has 0 radical (unpaired) electrons. The summed E-state index contributed by atoms with van der Waals surface area (Å²) in [5.74, 6) is 0. The van der Waals surface area contributed by atoms with Crippen LogP contribution in [-0.2, 0) is 13.1 Å². The summed E-state index contributed by atoms with van der Waals surface area (Å²) in [5.41, 5.74) is 5.48. The molecule has 0 atom stereocenters. The molecule has 1 aliphatic rings. The van der Waals surface area contributed by atoms with E-state index in [2.05, 4.69) is 21.7 Å². The van der Waals surface area contributed by atoms with Crippen molar-refractivity contribution in [1.29, 1.82) is 0 Å². The molecule has 3 N–H and O–H groups in total. The number of H-pyrrole nitrogens is 1. The monoisotopic (exact) mass is 277 g/mol. The molecule has 1 aliphatic heterocycles. The number of fused-ring (bicyclic) bond motifs is 1. The van der Waals surface area contributed by atoms with Crippen molar-refractivity contribution in [3.63, 3.8) is 0 Å². The van der Waals surface area contributed by atoms with E-state index >= 15 is 0 Å². The molecule has 5 heteroatoms. The van der Waals surface area contributed by atoms with Gasteiger partial charge in [0.1, 0.15) is 0 Å². The van der Waals surface area contributed by atoms with Gasteiger partial charge in [-0.25, -0.2) is 0 Å². The number of halogens is 1. The van der Waals surface area contributed by atoms with E-state index in [0.29, 0.717) is 0 Å². The molecule has 0 saturated heterocycles. The van der Waals surface area contributed by atoms with E-state index in [9.17, 15) is 4.79 Å². The minimum absolute atomic E-state index is 0. The van der Waals surface area contributed by atoms with Crippen LogP contribution in [0, 0.1) is 6.92 Å². The molecular formula is C14H16ClN3O. The molecule has 19 heavy (non-hydrogen) atoms. The highest BCUT2D eigenvalue weighted by molar-refractivity contribution is 5.85. The van der Waals surface area contributed by atoms with Crippen LogP contribution >= 0.6 is 12.4 Å². The van der Waals surface area contributed by atoms with Crippen molar-refractivity contribution in [3.8, 4) is 0 Å². The topological polar surface area (TPSA) is 56.9 Å². The van der Waals surface area contributed by atoms with Crippen molar-refractivity contribution in [1.82, 2.24) is 10.3 Å². The minimum atomic E-state index is -0.0891. The summed E-state index contributed by atoms with van der Waals surface area (Å²) in [7, 11) is 0. The Morgan fingerprint density at radius 2 is 2.05 bits per heavy atom. The van der Waals surface area contributed by atoms with Crippen LogP contribution in [0.25, 0.3) is 0 Å². The Balaban J connectivity index is 0.00000133. The summed E-state index contributed by atoms with van der Waals surface area (Å²) in [5, 5.41) is 6.69. The van der Waals surface area contributed by atoms with Crippen molar-refractivity contribution in [2.75, 3.05) is 5.32 Å². The van der Waals surface area contributed by atoms with Crippen molar-refractivity contribution in [2.45, 2.75) is 20.0 Å². The predicted octanol–water partition coefficient (Wildman–Crippen LogP) is 2.45. The quantitative estimate of drug-likeness (QED) is 0.790. The van der Waals surface area contributed by atoms with E-state index in [4.69, 9.17) is 0 Å². The van der Waals surface area contributed by atoms with Crippen LogP contribution in [0.2, 0.25) is 0 Å². The Morgan fingerprint density at radius 3 is 2.89 bits per heavy atom. The number of aromatic nitrogens is 1.